The van der Waals surface area contributed by atoms with Gasteiger partial charge in [-0.15, -0.1) is 0 Å². The van der Waals surface area contributed by atoms with Gasteiger partial charge < -0.3 is 9.84 Å². The van der Waals surface area contributed by atoms with E-state index in [-0.39, 0.29) is 0 Å². The molecule has 0 amide bonds. The normalized spacial score (nSPS) is 19.9. The molecule has 0 saturated carbocycles. The summed E-state index contributed by atoms with van der Waals surface area (Å²) in [4.78, 5) is 2.45. The highest BCUT2D eigenvalue weighted by Crippen LogP contribution is 2.14. The monoisotopic (exact) mass is 246 g/mol. The van der Waals surface area contributed by atoms with Crippen LogP contribution in [0.5, 0.6) is 0 Å². The zero-order valence-electron chi connectivity index (χ0n) is 10.1. The summed E-state index contributed by atoms with van der Waals surface area (Å²) in [6.07, 6.45) is 7.17. The molecule has 1 aliphatic heterocycles. The maximum absolute atomic E-state index is 9.23. The third-order valence-electron chi connectivity index (χ3n) is 3.12. The van der Waals surface area contributed by atoms with Gasteiger partial charge in [0.2, 0.25) is 0 Å². The Kier molecular flexibility index (Phi) is 8.29. The van der Waals surface area contributed by atoms with Gasteiger partial charge >= 0.3 is 0 Å². The van der Waals surface area contributed by atoms with Crippen molar-refractivity contribution in [3.05, 3.63) is 6.26 Å². The highest BCUT2D eigenvalue weighted by atomic mass is 32.2. The second-order valence-corrected chi connectivity index (χ2v) is 5.16. The number of aliphatic hydroxyl groups is 1. The van der Waals surface area contributed by atoms with E-state index in [1.165, 1.54) is 6.42 Å². The van der Waals surface area contributed by atoms with Crippen LogP contribution in [-0.4, -0.2) is 55.2 Å². The standard InChI is InChI=1S/C12H24NO2S/c1-16-10-4-12(11-14)3-2-5-13-6-8-15-9-7-13/h12,14H,1-11H2/t12-/m0/s1. The summed E-state index contributed by atoms with van der Waals surface area (Å²) in [5.41, 5.74) is 0. The van der Waals surface area contributed by atoms with Crippen molar-refractivity contribution < 1.29 is 9.84 Å². The molecular formula is C12H24NO2S. The lowest BCUT2D eigenvalue weighted by molar-refractivity contribution is 0.0362. The van der Waals surface area contributed by atoms with Crippen molar-refractivity contribution in [2.45, 2.75) is 19.3 Å². The van der Waals surface area contributed by atoms with Gasteiger partial charge in [-0.1, -0.05) is 0 Å². The van der Waals surface area contributed by atoms with Gasteiger partial charge in [0.25, 0.3) is 0 Å². The van der Waals surface area contributed by atoms with Gasteiger partial charge in [0.1, 0.15) is 0 Å². The molecule has 1 rings (SSSR count). The van der Waals surface area contributed by atoms with E-state index in [4.69, 9.17) is 4.74 Å². The quantitative estimate of drug-likeness (QED) is 0.705. The van der Waals surface area contributed by atoms with E-state index >= 15 is 0 Å². The van der Waals surface area contributed by atoms with Gasteiger partial charge in [0.15, 0.2) is 0 Å². The van der Waals surface area contributed by atoms with Crippen LogP contribution in [0.2, 0.25) is 0 Å². The van der Waals surface area contributed by atoms with Crippen LogP contribution in [0, 0.1) is 12.2 Å². The van der Waals surface area contributed by atoms with Crippen molar-refractivity contribution in [3.63, 3.8) is 0 Å². The fourth-order valence-electron chi connectivity index (χ4n) is 2.01. The molecule has 0 aromatic heterocycles. The summed E-state index contributed by atoms with van der Waals surface area (Å²) in [7, 11) is 0. The maximum atomic E-state index is 9.23. The van der Waals surface area contributed by atoms with Gasteiger partial charge in [-0.05, 0) is 37.5 Å². The minimum atomic E-state index is 0.323. The molecular weight excluding hydrogens is 222 g/mol. The number of ether oxygens (including phenoxy) is 1. The highest BCUT2D eigenvalue weighted by molar-refractivity contribution is 8.00. The smallest absolute Gasteiger partial charge is 0.0594 e. The third kappa shape index (κ3) is 6.09. The van der Waals surface area contributed by atoms with Gasteiger partial charge in [0, 0.05) is 26.0 Å². The molecule has 1 N–H and O–H groups in total. The van der Waals surface area contributed by atoms with Crippen LogP contribution in [0.3, 0.4) is 0 Å². The topological polar surface area (TPSA) is 32.7 Å². The first-order valence-corrected chi connectivity index (χ1v) is 7.30. The molecule has 1 heterocycles. The molecule has 0 bridgehead atoms. The van der Waals surface area contributed by atoms with E-state index in [1.807, 2.05) is 0 Å². The van der Waals surface area contributed by atoms with Crippen molar-refractivity contribution in [1.82, 2.24) is 4.90 Å². The molecule has 95 valence electrons. The summed E-state index contributed by atoms with van der Waals surface area (Å²) in [6.45, 7) is 5.36. The second-order valence-electron chi connectivity index (χ2n) is 4.34. The van der Waals surface area contributed by atoms with Crippen molar-refractivity contribution >= 4 is 11.8 Å². The Labute approximate surface area is 104 Å². The minimum absolute atomic E-state index is 0.323. The molecule has 1 aliphatic rings. The average Bonchev–Trinajstić information content (AvgIpc) is 2.35. The molecule has 0 unspecified atom stereocenters. The fourth-order valence-corrected chi connectivity index (χ4v) is 2.51. The van der Waals surface area contributed by atoms with E-state index in [2.05, 4.69) is 11.2 Å². The maximum Gasteiger partial charge on any atom is 0.0594 e. The second kappa shape index (κ2) is 9.28. The lowest BCUT2D eigenvalue weighted by atomic mass is 10.0. The Morgan fingerprint density at radius 3 is 2.69 bits per heavy atom. The van der Waals surface area contributed by atoms with E-state index in [1.54, 1.807) is 11.8 Å². The lowest BCUT2D eigenvalue weighted by Gasteiger charge is -2.27. The van der Waals surface area contributed by atoms with Gasteiger partial charge in [-0.25, -0.2) is 0 Å². The number of hydrogen-bond donors (Lipinski definition) is 1. The van der Waals surface area contributed by atoms with Gasteiger partial charge in [-0.3, -0.25) is 4.90 Å². The van der Waals surface area contributed by atoms with Crippen molar-refractivity contribution in [1.29, 1.82) is 0 Å². The summed E-state index contributed by atoms with van der Waals surface area (Å²) in [5.74, 6) is 1.53. The van der Waals surface area contributed by atoms with Crippen LogP contribution in [0.25, 0.3) is 0 Å². The van der Waals surface area contributed by atoms with Crippen LogP contribution in [0.15, 0.2) is 0 Å². The van der Waals surface area contributed by atoms with Crippen molar-refractivity contribution in [2.75, 3.05) is 45.2 Å². The number of aliphatic hydroxyl groups excluding tert-OH is 1. The molecule has 1 fully saturated rings. The van der Waals surface area contributed by atoms with E-state index in [0.717, 1.165) is 51.4 Å². The van der Waals surface area contributed by atoms with Crippen LogP contribution in [-0.2, 0) is 4.74 Å². The molecule has 0 spiro atoms. The number of morpholine rings is 1. The summed E-state index contributed by atoms with van der Waals surface area (Å²) in [5, 5.41) is 9.23. The summed E-state index contributed by atoms with van der Waals surface area (Å²) >= 11 is 1.62. The molecule has 3 nitrogen and oxygen atoms in total. The predicted molar refractivity (Wildman–Crippen MR) is 69.5 cm³/mol. The Morgan fingerprint density at radius 2 is 2.06 bits per heavy atom. The molecule has 1 saturated heterocycles. The molecule has 4 heteroatoms. The molecule has 1 atom stereocenters. The van der Waals surface area contributed by atoms with Crippen LogP contribution in [0.1, 0.15) is 19.3 Å². The van der Waals surface area contributed by atoms with Crippen LogP contribution < -0.4 is 0 Å². The SMILES string of the molecule is [CH2]SCC[C@@H](CO)CCCN1CCOCC1. The van der Waals surface area contributed by atoms with Crippen molar-refractivity contribution in [3.8, 4) is 0 Å². The fraction of sp³-hybridized carbons (Fsp3) is 0.917. The summed E-state index contributed by atoms with van der Waals surface area (Å²) in [6, 6.07) is 0. The van der Waals surface area contributed by atoms with E-state index < -0.39 is 0 Å². The summed E-state index contributed by atoms with van der Waals surface area (Å²) < 4.78 is 5.31. The van der Waals surface area contributed by atoms with Gasteiger partial charge in [0.05, 0.1) is 13.2 Å². The largest absolute Gasteiger partial charge is 0.396 e. The van der Waals surface area contributed by atoms with Gasteiger partial charge in [-0.2, -0.15) is 11.8 Å². The first kappa shape index (κ1) is 14.3. The molecule has 0 aromatic rings. The van der Waals surface area contributed by atoms with Crippen molar-refractivity contribution in [2.24, 2.45) is 5.92 Å². The number of nitrogens with zero attached hydrogens (tertiary/aromatic N) is 1. The van der Waals surface area contributed by atoms with E-state index in [9.17, 15) is 5.11 Å². The Bertz CT molecular complexity index is 163. The minimum Gasteiger partial charge on any atom is -0.396 e. The molecule has 0 aliphatic carbocycles. The number of thioether (sulfide) groups is 1. The van der Waals surface area contributed by atoms with E-state index in [0.29, 0.717) is 12.5 Å². The molecule has 16 heavy (non-hydrogen) atoms. The predicted octanol–water partition coefficient (Wildman–Crippen LogP) is 1.62. The molecule has 0 aromatic carbocycles. The van der Waals surface area contributed by atoms with Crippen LogP contribution >= 0.6 is 11.8 Å². The lowest BCUT2D eigenvalue weighted by Crippen LogP contribution is -2.37. The Balaban J connectivity index is 2.02. The van der Waals surface area contributed by atoms with Crippen LogP contribution in [0.4, 0.5) is 0 Å². The highest BCUT2D eigenvalue weighted by Gasteiger charge is 2.11. The Hall–Kier alpha value is 0.230. The molecule has 1 radical (unpaired) electrons. The Morgan fingerprint density at radius 1 is 1.31 bits per heavy atom. The first-order valence-electron chi connectivity index (χ1n) is 6.14. The average molecular weight is 246 g/mol. The number of hydrogen-bond acceptors (Lipinski definition) is 4. The number of rotatable bonds is 8. The zero-order valence-corrected chi connectivity index (χ0v) is 10.9. The third-order valence-corrected chi connectivity index (χ3v) is 3.64. The zero-order chi connectivity index (χ0) is 11.6. The first-order chi connectivity index (χ1) is 7.86.